The van der Waals surface area contributed by atoms with Gasteiger partial charge in [0.15, 0.2) is 5.82 Å². The van der Waals surface area contributed by atoms with Crippen molar-refractivity contribution >= 4 is 11.0 Å². The Balaban J connectivity index is 1.79. The molecule has 1 aromatic carbocycles. The van der Waals surface area contributed by atoms with E-state index in [2.05, 4.69) is 30.7 Å². The third kappa shape index (κ3) is 2.34. The summed E-state index contributed by atoms with van der Waals surface area (Å²) in [5.41, 5.74) is 2.17. The van der Waals surface area contributed by atoms with Crippen molar-refractivity contribution in [1.29, 1.82) is 0 Å². The SMILES string of the molecule is CN(Cc1ncon1)Cc1nc2ccccc2n1C. The molecular formula is C13H15N5O. The van der Waals surface area contributed by atoms with Crippen LogP contribution in [0.4, 0.5) is 0 Å². The highest BCUT2D eigenvalue weighted by Gasteiger charge is 2.11. The monoisotopic (exact) mass is 257 g/mol. The summed E-state index contributed by atoms with van der Waals surface area (Å²) in [7, 11) is 4.04. The molecule has 6 nitrogen and oxygen atoms in total. The minimum atomic E-state index is 0.639. The van der Waals surface area contributed by atoms with Gasteiger partial charge in [0, 0.05) is 7.05 Å². The second kappa shape index (κ2) is 4.81. The lowest BCUT2D eigenvalue weighted by Gasteiger charge is -2.13. The van der Waals surface area contributed by atoms with Gasteiger partial charge in [-0.1, -0.05) is 17.3 Å². The van der Waals surface area contributed by atoms with E-state index in [0.717, 1.165) is 23.4 Å². The summed E-state index contributed by atoms with van der Waals surface area (Å²) in [5.74, 6) is 1.70. The Hall–Kier alpha value is -2.21. The number of rotatable bonds is 4. The fraction of sp³-hybridized carbons (Fsp3) is 0.308. The van der Waals surface area contributed by atoms with Crippen LogP contribution in [-0.4, -0.2) is 31.6 Å². The molecule has 3 rings (SSSR count). The molecule has 0 radical (unpaired) electrons. The lowest BCUT2D eigenvalue weighted by molar-refractivity contribution is 0.292. The van der Waals surface area contributed by atoms with Crippen LogP contribution in [0.1, 0.15) is 11.6 Å². The Morgan fingerprint density at radius 1 is 1.26 bits per heavy atom. The second-order valence-corrected chi connectivity index (χ2v) is 4.60. The van der Waals surface area contributed by atoms with Gasteiger partial charge >= 0.3 is 0 Å². The van der Waals surface area contributed by atoms with Gasteiger partial charge in [-0.05, 0) is 19.2 Å². The van der Waals surface area contributed by atoms with E-state index in [4.69, 9.17) is 4.52 Å². The smallest absolute Gasteiger partial charge is 0.213 e. The fourth-order valence-electron chi connectivity index (χ4n) is 2.14. The van der Waals surface area contributed by atoms with E-state index in [1.165, 1.54) is 6.39 Å². The van der Waals surface area contributed by atoms with E-state index < -0.39 is 0 Å². The maximum Gasteiger partial charge on any atom is 0.213 e. The van der Waals surface area contributed by atoms with Crippen molar-refractivity contribution in [3.8, 4) is 0 Å². The predicted octanol–water partition coefficient (Wildman–Crippen LogP) is 1.59. The molecule has 0 bridgehead atoms. The number of imidazole rings is 1. The topological polar surface area (TPSA) is 60.0 Å². The molecule has 0 saturated carbocycles. The summed E-state index contributed by atoms with van der Waals surface area (Å²) in [6.45, 7) is 1.37. The van der Waals surface area contributed by atoms with E-state index in [1.54, 1.807) is 0 Å². The van der Waals surface area contributed by atoms with Crippen molar-refractivity contribution in [1.82, 2.24) is 24.6 Å². The number of para-hydroxylation sites is 2. The molecule has 0 amide bonds. The maximum absolute atomic E-state index is 4.73. The highest BCUT2D eigenvalue weighted by Crippen LogP contribution is 2.15. The van der Waals surface area contributed by atoms with Crippen molar-refractivity contribution < 1.29 is 4.52 Å². The van der Waals surface area contributed by atoms with Crippen LogP contribution in [0, 0.1) is 0 Å². The van der Waals surface area contributed by atoms with Gasteiger partial charge in [-0.3, -0.25) is 4.90 Å². The Morgan fingerprint density at radius 3 is 2.84 bits per heavy atom. The third-order valence-corrected chi connectivity index (χ3v) is 3.11. The molecule has 2 heterocycles. The van der Waals surface area contributed by atoms with Gasteiger partial charge in [-0.2, -0.15) is 4.98 Å². The van der Waals surface area contributed by atoms with Gasteiger partial charge in [0.2, 0.25) is 6.39 Å². The van der Waals surface area contributed by atoms with Crippen LogP contribution < -0.4 is 0 Å². The van der Waals surface area contributed by atoms with Crippen LogP contribution in [-0.2, 0) is 20.1 Å². The number of hydrogen-bond donors (Lipinski definition) is 0. The Labute approximate surface area is 110 Å². The van der Waals surface area contributed by atoms with E-state index >= 15 is 0 Å². The van der Waals surface area contributed by atoms with Crippen LogP contribution in [0.2, 0.25) is 0 Å². The fourth-order valence-corrected chi connectivity index (χ4v) is 2.14. The Morgan fingerprint density at radius 2 is 2.11 bits per heavy atom. The largest absolute Gasteiger partial charge is 0.343 e. The van der Waals surface area contributed by atoms with Gasteiger partial charge < -0.3 is 9.09 Å². The zero-order valence-electron chi connectivity index (χ0n) is 10.9. The van der Waals surface area contributed by atoms with Crippen molar-refractivity contribution in [2.45, 2.75) is 13.1 Å². The Kier molecular flexibility index (Phi) is 3.00. The van der Waals surface area contributed by atoms with Crippen molar-refractivity contribution in [2.75, 3.05) is 7.05 Å². The van der Waals surface area contributed by atoms with Crippen LogP contribution in [0.25, 0.3) is 11.0 Å². The standard InChI is InChI=1S/C13H15N5O/c1-17(7-12-14-9-19-16-12)8-13-15-10-5-3-4-6-11(10)18(13)2/h3-6,9H,7-8H2,1-2H3. The molecule has 0 spiro atoms. The van der Waals surface area contributed by atoms with E-state index in [1.807, 2.05) is 32.3 Å². The summed E-state index contributed by atoms with van der Waals surface area (Å²) in [6.07, 6.45) is 1.35. The zero-order chi connectivity index (χ0) is 13.2. The summed E-state index contributed by atoms with van der Waals surface area (Å²) < 4.78 is 6.84. The van der Waals surface area contributed by atoms with Gasteiger partial charge in [0.1, 0.15) is 5.82 Å². The number of fused-ring (bicyclic) bond motifs is 1. The molecule has 0 unspecified atom stereocenters. The van der Waals surface area contributed by atoms with Gasteiger partial charge in [-0.15, -0.1) is 0 Å². The van der Waals surface area contributed by atoms with E-state index in [0.29, 0.717) is 12.4 Å². The molecule has 0 N–H and O–H groups in total. The van der Waals surface area contributed by atoms with Crippen LogP contribution in [0.15, 0.2) is 35.2 Å². The molecule has 19 heavy (non-hydrogen) atoms. The third-order valence-electron chi connectivity index (χ3n) is 3.11. The van der Waals surface area contributed by atoms with E-state index in [-0.39, 0.29) is 0 Å². The van der Waals surface area contributed by atoms with Crippen LogP contribution in [0.5, 0.6) is 0 Å². The molecule has 0 atom stereocenters. The van der Waals surface area contributed by atoms with Crippen molar-refractivity contribution in [2.24, 2.45) is 7.05 Å². The summed E-state index contributed by atoms with van der Waals surface area (Å²) >= 11 is 0. The lowest BCUT2D eigenvalue weighted by atomic mass is 10.3. The highest BCUT2D eigenvalue weighted by atomic mass is 16.5. The molecule has 3 aromatic rings. The number of benzene rings is 1. The first-order chi connectivity index (χ1) is 9.24. The minimum absolute atomic E-state index is 0.639. The normalized spacial score (nSPS) is 11.5. The van der Waals surface area contributed by atoms with Crippen LogP contribution >= 0.6 is 0 Å². The first-order valence-corrected chi connectivity index (χ1v) is 6.08. The lowest BCUT2D eigenvalue weighted by Crippen LogP contribution is -2.20. The predicted molar refractivity (Wildman–Crippen MR) is 70.2 cm³/mol. The molecule has 6 heteroatoms. The summed E-state index contributed by atoms with van der Waals surface area (Å²) in [4.78, 5) is 10.8. The molecule has 0 fully saturated rings. The number of aryl methyl sites for hydroxylation is 1. The second-order valence-electron chi connectivity index (χ2n) is 4.60. The average molecular weight is 257 g/mol. The zero-order valence-corrected chi connectivity index (χ0v) is 10.9. The minimum Gasteiger partial charge on any atom is -0.343 e. The first kappa shape index (κ1) is 11.9. The molecule has 2 aromatic heterocycles. The van der Waals surface area contributed by atoms with Gasteiger partial charge in [-0.25, -0.2) is 4.98 Å². The maximum atomic E-state index is 4.73. The highest BCUT2D eigenvalue weighted by molar-refractivity contribution is 5.75. The molecular weight excluding hydrogens is 242 g/mol. The summed E-state index contributed by atoms with van der Waals surface area (Å²) in [6, 6.07) is 8.13. The summed E-state index contributed by atoms with van der Waals surface area (Å²) in [5, 5.41) is 3.81. The number of nitrogens with zero attached hydrogens (tertiary/aromatic N) is 5. The molecule has 0 aliphatic carbocycles. The number of aromatic nitrogens is 4. The van der Waals surface area contributed by atoms with Crippen LogP contribution in [0.3, 0.4) is 0 Å². The first-order valence-electron chi connectivity index (χ1n) is 6.08. The van der Waals surface area contributed by atoms with Crippen molar-refractivity contribution in [3.63, 3.8) is 0 Å². The van der Waals surface area contributed by atoms with Gasteiger partial charge in [0.25, 0.3) is 0 Å². The Bertz CT molecular complexity index is 673. The quantitative estimate of drug-likeness (QED) is 0.710. The molecule has 0 aliphatic rings. The van der Waals surface area contributed by atoms with E-state index in [9.17, 15) is 0 Å². The molecule has 0 aliphatic heterocycles. The molecule has 0 saturated heterocycles. The molecule has 98 valence electrons. The number of hydrogen-bond acceptors (Lipinski definition) is 5. The average Bonchev–Trinajstić information content (AvgIpc) is 3.00. The van der Waals surface area contributed by atoms with Crippen molar-refractivity contribution in [3.05, 3.63) is 42.3 Å². The van der Waals surface area contributed by atoms with Gasteiger partial charge in [0.05, 0.1) is 24.1 Å².